The van der Waals surface area contributed by atoms with E-state index in [-0.39, 0.29) is 18.2 Å². The number of aliphatic hydroxyl groups excluding tert-OH is 1. The van der Waals surface area contributed by atoms with Crippen LogP contribution in [0.5, 0.6) is 5.75 Å². The summed E-state index contributed by atoms with van der Waals surface area (Å²) in [5.41, 5.74) is 4.90. The van der Waals surface area contributed by atoms with Gasteiger partial charge < -0.3 is 29.9 Å². The summed E-state index contributed by atoms with van der Waals surface area (Å²) < 4.78 is 38.1. The van der Waals surface area contributed by atoms with Gasteiger partial charge in [0.2, 0.25) is 0 Å². The Bertz CT molecular complexity index is 1430. The molecule has 1 aliphatic heterocycles. The number of hydrogen-bond acceptors (Lipinski definition) is 11. The molecule has 14 heteroatoms. The van der Waals surface area contributed by atoms with Crippen LogP contribution in [-0.4, -0.2) is 68.3 Å². The lowest BCUT2D eigenvalue weighted by molar-refractivity contribution is -0.147. The van der Waals surface area contributed by atoms with Gasteiger partial charge >= 0.3 is 13.7 Å². The average molecular weight is 618 g/mol. The highest BCUT2D eigenvalue weighted by Crippen LogP contribution is 2.47. The Morgan fingerprint density at radius 1 is 1.21 bits per heavy atom. The molecule has 0 bridgehead atoms. The molecule has 0 spiro atoms. The number of rotatable bonds is 12. The minimum atomic E-state index is -4.29. The van der Waals surface area contributed by atoms with Crippen LogP contribution in [0.3, 0.4) is 0 Å². The van der Waals surface area contributed by atoms with Gasteiger partial charge in [-0.05, 0) is 55.9 Å². The first-order valence-corrected chi connectivity index (χ1v) is 16.2. The predicted molar refractivity (Wildman–Crippen MR) is 157 cm³/mol. The summed E-state index contributed by atoms with van der Waals surface area (Å²) in [7, 11) is -4.29. The Kier molecular flexibility index (Phi) is 9.70. The van der Waals surface area contributed by atoms with Gasteiger partial charge in [0.15, 0.2) is 5.82 Å². The van der Waals surface area contributed by atoms with E-state index in [2.05, 4.69) is 22.1 Å². The number of carbonyl (C=O) groups is 1. The number of esters is 1. The van der Waals surface area contributed by atoms with E-state index in [1.165, 1.54) is 17.8 Å². The Morgan fingerprint density at radius 2 is 1.93 bits per heavy atom. The molecule has 2 fully saturated rings. The summed E-state index contributed by atoms with van der Waals surface area (Å²) in [5.74, 6) is 0.900. The number of ether oxygens (including phenoxy) is 2. The summed E-state index contributed by atoms with van der Waals surface area (Å²) in [5, 5.41) is 29.3. The fraction of sp³-hybridized carbons (Fsp3) is 0.552. The van der Waals surface area contributed by atoms with E-state index in [1.54, 1.807) is 42.5 Å². The Morgan fingerprint density at radius 3 is 2.65 bits per heavy atom. The third-order valence-corrected chi connectivity index (χ3v) is 9.94. The third-order valence-electron chi connectivity index (χ3n) is 8.32. The molecule has 5 atom stereocenters. The van der Waals surface area contributed by atoms with E-state index < -0.39 is 44.2 Å². The van der Waals surface area contributed by atoms with Crippen molar-refractivity contribution in [3.05, 3.63) is 54.5 Å². The number of anilines is 1. The van der Waals surface area contributed by atoms with Crippen LogP contribution in [0.25, 0.3) is 5.52 Å². The Balaban J connectivity index is 1.24. The van der Waals surface area contributed by atoms with E-state index >= 15 is 0 Å². The van der Waals surface area contributed by atoms with Crippen molar-refractivity contribution in [1.29, 1.82) is 0 Å². The van der Waals surface area contributed by atoms with Crippen LogP contribution in [0.15, 0.2) is 48.8 Å². The Hall–Kier alpha value is -3.06. The van der Waals surface area contributed by atoms with Gasteiger partial charge in [0.05, 0.1) is 25.5 Å². The SMILES string of the molecule is CC[C@H]1CC[C@H](COC(=O)[C@H](C)NP(=O)(OCC2(O)CO[C@@H](c3ccc4c(N)ncnn34)[C@@H]2O)Oc2ccccc2)CC1. The standard InChI is InChI=1S/C29H40N5O8P/c1-3-20-9-11-21(12-10-20)15-39-28(36)19(2)33-43(38,42-22-7-5-4-6-8-22)41-17-29(37)16-40-25(26(29)35)23-13-14-24-27(30)31-18-32-34(23)24/h4-8,13-14,18-21,25-26,35,37H,3,9-12,15-17H2,1-2H3,(H,33,38)(H2,30,31,32)/t19-,20-,21-,25-,26-,29?,43?/m0/s1. The number of nitrogens with one attached hydrogen (secondary N) is 1. The molecule has 234 valence electrons. The van der Waals surface area contributed by atoms with Crippen LogP contribution < -0.4 is 15.3 Å². The van der Waals surface area contributed by atoms with Gasteiger partial charge in [0.25, 0.3) is 0 Å². The predicted octanol–water partition coefficient (Wildman–Crippen LogP) is 3.42. The molecule has 43 heavy (non-hydrogen) atoms. The summed E-state index contributed by atoms with van der Waals surface area (Å²) in [6, 6.07) is 10.6. The average Bonchev–Trinajstić information content (AvgIpc) is 3.57. The van der Waals surface area contributed by atoms with Crippen molar-refractivity contribution < 1.29 is 38.1 Å². The van der Waals surface area contributed by atoms with Crippen molar-refractivity contribution in [2.45, 2.75) is 69.8 Å². The van der Waals surface area contributed by atoms with Crippen molar-refractivity contribution in [3.8, 4) is 5.75 Å². The number of aliphatic hydroxyl groups is 2. The fourth-order valence-electron chi connectivity index (χ4n) is 5.58. The summed E-state index contributed by atoms with van der Waals surface area (Å²) in [6.07, 6.45) is 4.23. The number of nitrogen functional groups attached to an aromatic ring is 1. The molecule has 5 rings (SSSR count). The minimum absolute atomic E-state index is 0.219. The molecular formula is C29H40N5O8P. The summed E-state index contributed by atoms with van der Waals surface area (Å²) in [4.78, 5) is 16.8. The number of nitrogens with two attached hydrogens (primary N) is 1. The lowest BCUT2D eigenvalue weighted by atomic mass is 9.81. The van der Waals surface area contributed by atoms with Gasteiger partial charge in [0, 0.05) is 0 Å². The number of nitrogens with zero attached hydrogens (tertiary/aromatic N) is 3. The maximum Gasteiger partial charge on any atom is 0.459 e. The molecule has 2 unspecified atom stereocenters. The van der Waals surface area contributed by atoms with Crippen LogP contribution >= 0.6 is 7.75 Å². The molecule has 1 aromatic carbocycles. The molecule has 3 heterocycles. The second-order valence-corrected chi connectivity index (χ2v) is 13.1. The first-order valence-electron chi connectivity index (χ1n) is 14.6. The van der Waals surface area contributed by atoms with E-state index in [1.807, 2.05) is 0 Å². The minimum Gasteiger partial charge on any atom is -0.464 e. The lowest BCUT2D eigenvalue weighted by Gasteiger charge is -2.30. The first-order chi connectivity index (χ1) is 20.6. The maximum atomic E-state index is 14.0. The number of benzene rings is 1. The molecule has 0 amide bonds. The zero-order valence-electron chi connectivity index (χ0n) is 24.4. The van der Waals surface area contributed by atoms with Crippen molar-refractivity contribution >= 4 is 25.1 Å². The van der Waals surface area contributed by atoms with Gasteiger partial charge in [-0.2, -0.15) is 10.2 Å². The van der Waals surface area contributed by atoms with Gasteiger partial charge in [-0.25, -0.2) is 14.1 Å². The van der Waals surface area contributed by atoms with Crippen LogP contribution in [0.1, 0.15) is 57.7 Å². The molecule has 0 radical (unpaired) electrons. The highest BCUT2D eigenvalue weighted by Gasteiger charge is 2.51. The lowest BCUT2D eigenvalue weighted by Crippen LogP contribution is -2.47. The zero-order chi connectivity index (χ0) is 30.6. The van der Waals surface area contributed by atoms with Crippen molar-refractivity contribution in [1.82, 2.24) is 19.7 Å². The van der Waals surface area contributed by atoms with Crippen LogP contribution in [0.2, 0.25) is 0 Å². The van der Waals surface area contributed by atoms with Gasteiger partial charge in [-0.3, -0.25) is 9.32 Å². The molecular weight excluding hydrogens is 577 g/mol. The quantitative estimate of drug-likeness (QED) is 0.172. The van der Waals surface area contributed by atoms with Crippen molar-refractivity contribution in [2.24, 2.45) is 11.8 Å². The molecule has 2 aliphatic rings. The molecule has 1 saturated carbocycles. The van der Waals surface area contributed by atoms with Crippen LogP contribution in [0.4, 0.5) is 5.82 Å². The molecule has 3 aromatic rings. The third kappa shape index (κ3) is 7.19. The van der Waals surface area contributed by atoms with E-state index in [0.29, 0.717) is 23.7 Å². The number of para-hydroxylation sites is 1. The number of carbonyl (C=O) groups excluding carboxylic acids is 1. The largest absolute Gasteiger partial charge is 0.464 e. The molecule has 1 saturated heterocycles. The fourth-order valence-corrected chi connectivity index (χ4v) is 7.14. The second kappa shape index (κ2) is 13.3. The normalized spacial score (nSPS) is 27.9. The molecule has 13 nitrogen and oxygen atoms in total. The molecule has 5 N–H and O–H groups in total. The summed E-state index contributed by atoms with van der Waals surface area (Å²) >= 11 is 0. The number of fused-ring (bicyclic) bond motifs is 1. The number of hydrogen-bond donors (Lipinski definition) is 4. The maximum absolute atomic E-state index is 14.0. The second-order valence-electron chi connectivity index (χ2n) is 11.4. The highest BCUT2D eigenvalue weighted by molar-refractivity contribution is 7.52. The van der Waals surface area contributed by atoms with Gasteiger partial charge in [-0.15, -0.1) is 0 Å². The van der Waals surface area contributed by atoms with E-state index in [4.69, 9.17) is 24.3 Å². The van der Waals surface area contributed by atoms with E-state index in [0.717, 1.165) is 38.0 Å². The summed E-state index contributed by atoms with van der Waals surface area (Å²) in [6.45, 7) is 3.02. The Labute approximate surface area is 250 Å². The first kappa shape index (κ1) is 31.4. The monoisotopic (exact) mass is 617 g/mol. The topological polar surface area (TPSA) is 180 Å². The van der Waals surface area contributed by atoms with Crippen LogP contribution in [-0.2, 0) is 23.4 Å². The smallest absolute Gasteiger partial charge is 0.459 e. The van der Waals surface area contributed by atoms with Crippen molar-refractivity contribution in [3.63, 3.8) is 0 Å². The highest BCUT2D eigenvalue weighted by atomic mass is 31.2. The molecule has 2 aromatic heterocycles. The van der Waals surface area contributed by atoms with E-state index in [9.17, 15) is 19.6 Å². The molecule has 1 aliphatic carbocycles. The van der Waals surface area contributed by atoms with Gasteiger partial charge in [0.1, 0.15) is 41.4 Å². The van der Waals surface area contributed by atoms with Crippen molar-refractivity contribution in [2.75, 3.05) is 25.6 Å². The van der Waals surface area contributed by atoms with Gasteiger partial charge in [-0.1, -0.05) is 44.4 Å². The zero-order valence-corrected chi connectivity index (χ0v) is 25.3. The van der Waals surface area contributed by atoms with Crippen LogP contribution in [0, 0.1) is 11.8 Å². The number of aromatic nitrogens is 3.